The van der Waals surface area contributed by atoms with Crippen molar-refractivity contribution in [2.24, 2.45) is 0 Å². The number of likely N-dealkylation sites (N-methyl/N-ethyl adjacent to an activating group) is 1. The van der Waals surface area contributed by atoms with E-state index in [1.807, 2.05) is 13.8 Å². The lowest BCUT2D eigenvalue weighted by Crippen LogP contribution is -2.58. The zero-order chi connectivity index (χ0) is 13.3. The van der Waals surface area contributed by atoms with Gasteiger partial charge in [0, 0.05) is 12.1 Å². The zero-order valence-electron chi connectivity index (χ0n) is 11.9. The van der Waals surface area contributed by atoms with Crippen LogP contribution in [0.15, 0.2) is 0 Å². The van der Waals surface area contributed by atoms with E-state index in [1.54, 1.807) is 0 Å². The highest BCUT2D eigenvalue weighted by molar-refractivity contribution is 5.77. The molecule has 2 saturated heterocycles. The fraction of sp³-hybridized carbons (Fsp3) is 0.929. The van der Waals surface area contributed by atoms with Crippen LogP contribution in [0.2, 0.25) is 0 Å². The topological polar surface area (TPSA) is 43.8 Å². The Balaban J connectivity index is 2.07. The van der Waals surface area contributed by atoms with Crippen molar-refractivity contribution in [1.29, 1.82) is 0 Å². The van der Waals surface area contributed by atoms with Crippen LogP contribution in [0.25, 0.3) is 0 Å². The average molecular weight is 254 g/mol. The lowest BCUT2D eigenvalue weighted by atomic mass is 9.91. The van der Waals surface area contributed by atoms with Crippen LogP contribution in [0.1, 0.15) is 46.5 Å². The molecule has 2 atom stereocenters. The van der Waals surface area contributed by atoms with E-state index in [4.69, 9.17) is 0 Å². The van der Waals surface area contributed by atoms with E-state index in [-0.39, 0.29) is 0 Å². The van der Waals surface area contributed by atoms with Crippen molar-refractivity contribution in [2.75, 3.05) is 19.6 Å². The summed E-state index contributed by atoms with van der Waals surface area (Å²) in [6.45, 7) is 8.94. The van der Waals surface area contributed by atoms with Crippen LogP contribution < -0.4 is 0 Å². The Bertz CT molecular complexity index is 317. The summed E-state index contributed by atoms with van der Waals surface area (Å²) in [5.74, 6) is -0.710. The second kappa shape index (κ2) is 5.17. The maximum absolute atomic E-state index is 11.4. The maximum atomic E-state index is 11.4. The van der Waals surface area contributed by atoms with E-state index < -0.39 is 11.5 Å². The van der Waals surface area contributed by atoms with Crippen LogP contribution in [-0.2, 0) is 4.79 Å². The molecule has 0 aromatic rings. The standard InChI is InChI=1S/C14H26N2O2/c1-4-16(14(2,3)13(17)18)12-7-9-15-8-5-6-11(15)10-12/h11-12H,4-10H2,1-3H3,(H,17,18). The third-order valence-electron chi connectivity index (χ3n) is 4.82. The number of piperidine rings is 1. The molecule has 4 nitrogen and oxygen atoms in total. The van der Waals surface area contributed by atoms with Gasteiger partial charge < -0.3 is 10.0 Å². The summed E-state index contributed by atoms with van der Waals surface area (Å²) < 4.78 is 0. The molecule has 0 aromatic carbocycles. The van der Waals surface area contributed by atoms with Crippen LogP contribution in [0.3, 0.4) is 0 Å². The van der Waals surface area contributed by atoms with E-state index in [0.717, 1.165) is 25.9 Å². The number of aliphatic carboxylic acids is 1. The minimum absolute atomic E-state index is 0.431. The van der Waals surface area contributed by atoms with E-state index >= 15 is 0 Å². The van der Waals surface area contributed by atoms with Gasteiger partial charge in [0.1, 0.15) is 5.54 Å². The largest absolute Gasteiger partial charge is 0.480 e. The zero-order valence-corrected chi connectivity index (χ0v) is 11.9. The van der Waals surface area contributed by atoms with Crippen molar-refractivity contribution < 1.29 is 9.90 Å². The Morgan fingerprint density at radius 1 is 1.39 bits per heavy atom. The second-order valence-electron chi connectivity index (χ2n) is 6.16. The van der Waals surface area contributed by atoms with Gasteiger partial charge in [0.2, 0.25) is 0 Å². The monoisotopic (exact) mass is 254 g/mol. The quantitative estimate of drug-likeness (QED) is 0.831. The van der Waals surface area contributed by atoms with Crippen LogP contribution in [-0.4, -0.2) is 58.1 Å². The Kier molecular flexibility index (Phi) is 3.97. The highest BCUT2D eigenvalue weighted by Crippen LogP contribution is 2.32. The van der Waals surface area contributed by atoms with Crippen molar-refractivity contribution in [3.05, 3.63) is 0 Å². The van der Waals surface area contributed by atoms with Gasteiger partial charge in [-0.15, -0.1) is 0 Å². The van der Waals surface area contributed by atoms with Gasteiger partial charge in [-0.25, -0.2) is 0 Å². The van der Waals surface area contributed by atoms with E-state index in [1.165, 1.54) is 19.4 Å². The number of carbonyl (C=O) groups is 1. The Labute approximate surface area is 110 Å². The predicted octanol–water partition coefficient (Wildman–Crippen LogP) is 1.80. The van der Waals surface area contributed by atoms with Crippen molar-refractivity contribution in [3.63, 3.8) is 0 Å². The first kappa shape index (κ1) is 13.8. The molecule has 0 bridgehead atoms. The summed E-state index contributed by atoms with van der Waals surface area (Å²) in [7, 11) is 0. The van der Waals surface area contributed by atoms with E-state index in [9.17, 15) is 9.90 Å². The minimum Gasteiger partial charge on any atom is -0.480 e. The Morgan fingerprint density at radius 2 is 2.11 bits per heavy atom. The molecule has 2 heterocycles. The maximum Gasteiger partial charge on any atom is 0.323 e. The van der Waals surface area contributed by atoms with Gasteiger partial charge in [-0.3, -0.25) is 9.69 Å². The lowest BCUT2D eigenvalue weighted by molar-refractivity contribution is -0.151. The fourth-order valence-electron chi connectivity index (χ4n) is 3.72. The molecule has 0 aromatic heterocycles. The van der Waals surface area contributed by atoms with Gasteiger partial charge in [0.05, 0.1) is 0 Å². The van der Waals surface area contributed by atoms with Crippen LogP contribution in [0, 0.1) is 0 Å². The molecule has 2 rings (SSSR count). The molecule has 0 radical (unpaired) electrons. The van der Waals surface area contributed by atoms with Crippen LogP contribution in [0.4, 0.5) is 0 Å². The number of hydrogen-bond acceptors (Lipinski definition) is 3. The number of fused-ring (bicyclic) bond motifs is 1. The normalized spacial score (nSPS) is 29.6. The van der Waals surface area contributed by atoms with E-state index in [2.05, 4.69) is 16.7 Å². The van der Waals surface area contributed by atoms with Gasteiger partial charge in [-0.2, -0.15) is 0 Å². The van der Waals surface area contributed by atoms with Gasteiger partial charge in [-0.1, -0.05) is 6.92 Å². The van der Waals surface area contributed by atoms with E-state index in [0.29, 0.717) is 12.1 Å². The number of hydrogen-bond donors (Lipinski definition) is 1. The first-order chi connectivity index (χ1) is 8.46. The van der Waals surface area contributed by atoms with Gasteiger partial charge in [-0.05, 0) is 59.2 Å². The molecule has 2 aliphatic rings. The van der Waals surface area contributed by atoms with Crippen LogP contribution in [0.5, 0.6) is 0 Å². The molecule has 2 unspecified atom stereocenters. The molecule has 1 N–H and O–H groups in total. The minimum atomic E-state index is -0.750. The van der Waals surface area contributed by atoms with Crippen molar-refractivity contribution in [3.8, 4) is 0 Å². The summed E-state index contributed by atoms with van der Waals surface area (Å²) in [6.07, 6.45) is 4.86. The first-order valence-electron chi connectivity index (χ1n) is 7.21. The smallest absolute Gasteiger partial charge is 0.323 e. The first-order valence-corrected chi connectivity index (χ1v) is 7.21. The molecule has 2 fully saturated rings. The second-order valence-corrected chi connectivity index (χ2v) is 6.16. The molecular formula is C14H26N2O2. The summed E-state index contributed by atoms with van der Waals surface area (Å²) in [6, 6.07) is 1.13. The molecule has 0 amide bonds. The number of nitrogens with zero attached hydrogens (tertiary/aromatic N) is 2. The highest BCUT2D eigenvalue weighted by Gasteiger charge is 2.41. The number of rotatable bonds is 4. The van der Waals surface area contributed by atoms with Crippen molar-refractivity contribution in [2.45, 2.75) is 64.1 Å². The van der Waals surface area contributed by atoms with Gasteiger partial charge in [0.15, 0.2) is 0 Å². The lowest BCUT2D eigenvalue weighted by Gasteiger charge is -2.45. The molecule has 104 valence electrons. The van der Waals surface area contributed by atoms with Crippen LogP contribution >= 0.6 is 0 Å². The molecule has 0 spiro atoms. The summed E-state index contributed by atoms with van der Waals surface area (Å²) in [4.78, 5) is 16.2. The molecule has 18 heavy (non-hydrogen) atoms. The summed E-state index contributed by atoms with van der Waals surface area (Å²) in [5.41, 5.74) is -0.750. The average Bonchev–Trinajstić information content (AvgIpc) is 2.76. The highest BCUT2D eigenvalue weighted by atomic mass is 16.4. The van der Waals surface area contributed by atoms with Crippen molar-refractivity contribution >= 4 is 5.97 Å². The Hall–Kier alpha value is -0.610. The number of carboxylic acids is 1. The third kappa shape index (κ3) is 2.41. The molecule has 0 aliphatic carbocycles. The van der Waals surface area contributed by atoms with Gasteiger partial charge >= 0.3 is 5.97 Å². The molecule has 4 heteroatoms. The third-order valence-corrected chi connectivity index (χ3v) is 4.82. The van der Waals surface area contributed by atoms with Gasteiger partial charge in [0.25, 0.3) is 0 Å². The molecular weight excluding hydrogens is 228 g/mol. The molecule has 2 aliphatic heterocycles. The fourth-order valence-corrected chi connectivity index (χ4v) is 3.72. The summed E-state index contributed by atoms with van der Waals surface area (Å²) in [5, 5.41) is 9.41. The number of carboxylic acid groups (broad SMARTS) is 1. The SMILES string of the molecule is CCN(C1CCN2CCCC2C1)C(C)(C)C(=O)O. The predicted molar refractivity (Wildman–Crippen MR) is 71.7 cm³/mol. The molecule has 0 saturated carbocycles. The summed E-state index contributed by atoms with van der Waals surface area (Å²) >= 11 is 0. The van der Waals surface area contributed by atoms with Crippen molar-refractivity contribution in [1.82, 2.24) is 9.80 Å². The Morgan fingerprint density at radius 3 is 2.72 bits per heavy atom.